The molecule has 0 aromatic heterocycles. The lowest BCUT2D eigenvalue weighted by Crippen LogP contribution is -2.51. The van der Waals surface area contributed by atoms with Crippen molar-refractivity contribution in [3.8, 4) is 5.75 Å². The lowest BCUT2D eigenvalue weighted by Gasteiger charge is -2.46. The van der Waals surface area contributed by atoms with E-state index >= 15 is 0 Å². The predicted octanol–water partition coefficient (Wildman–Crippen LogP) is 6.68. The second-order valence-corrected chi connectivity index (χ2v) is 8.66. The first-order valence-corrected chi connectivity index (χ1v) is 10.8. The molecule has 0 saturated heterocycles. The molecule has 0 radical (unpaired) electrons. The minimum absolute atomic E-state index is 0.254. The number of hydrogen-bond donors (Lipinski definition) is 0. The van der Waals surface area contributed by atoms with Gasteiger partial charge in [0.1, 0.15) is 5.75 Å². The average molecular weight is 427 g/mol. The Morgan fingerprint density at radius 1 is 1.11 bits per heavy atom. The number of ether oxygens (including phenoxy) is 1. The number of halogens is 1. The van der Waals surface area contributed by atoms with Crippen LogP contribution >= 0.6 is 15.9 Å². The molecule has 2 aliphatic rings. The van der Waals surface area contributed by atoms with Crippen LogP contribution in [0.25, 0.3) is 0 Å². The first kappa shape index (κ1) is 18.5. The molecule has 0 spiro atoms. The fraction of sp³-hybridized carbons (Fsp3) is 0.435. The zero-order chi connectivity index (χ0) is 18.9. The molecule has 0 saturated carbocycles. The number of nitrogens with zero attached hydrogens (tertiary/aromatic N) is 2. The number of rotatable bonds is 6. The quantitative estimate of drug-likeness (QED) is 0.481. The van der Waals surface area contributed by atoms with E-state index in [1.165, 1.54) is 36.8 Å². The van der Waals surface area contributed by atoms with Gasteiger partial charge in [0.2, 0.25) is 0 Å². The molecule has 0 bridgehead atoms. The molecule has 2 atom stereocenters. The van der Waals surface area contributed by atoms with Crippen molar-refractivity contribution in [3.63, 3.8) is 0 Å². The standard InChI is InChI=1S/C23H27BrN2O/c1-3-4-5-8-15-23(2)26-21(19-9-6-7-10-22(19)27-23)16-20(25-26)17-11-13-18(24)14-12-17/h6-7,9-14,21H,3-5,8,15-16H2,1-2H3/t21-,23-/m1/s1. The Hall–Kier alpha value is -1.81. The summed E-state index contributed by atoms with van der Waals surface area (Å²) in [5.41, 5.74) is 3.20. The van der Waals surface area contributed by atoms with Gasteiger partial charge >= 0.3 is 0 Å². The highest BCUT2D eigenvalue weighted by molar-refractivity contribution is 9.10. The lowest BCUT2D eigenvalue weighted by molar-refractivity contribution is -0.112. The van der Waals surface area contributed by atoms with Gasteiger partial charge in [-0.05, 0) is 37.1 Å². The van der Waals surface area contributed by atoms with E-state index in [2.05, 4.69) is 83.3 Å². The van der Waals surface area contributed by atoms with Crippen molar-refractivity contribution in [2.75, 3.05) is 0 Å². The van der Waals surface area contributed by atoms with Gasteiger partial charge < -0.3 is 4.74 Å². The van der Waals surface area contributed by atoms with E-state index in [9.17, 15) is 0 Å². The second-order valence-electron chi connectivity index (χ2n) is 7.74. The number of para-hydroxylation sites is 1. The summed E-state index contributed by atoms with van der Waals surface area (Å²) in [7, 11) is 0. The van der Waals surface area contributed by atoms with E-state index in [1.807, 2.05) is 0 Å². The van der Waals surface area contributed by atoms with Crippen molar-refractivity contribution >= 4 is 21.6 Å². The highest BCUT2D eigenvalue weighted by Gasteiger charge is 2.47. The maximum Gasteiger partial charge on any atom is 0.195 e. The van der Waals surface area contributed by atoms with Crippen molar-refractivity contribution in [1.82, 2.24) is 5.01 Å². The van der Waals surface area contributed by atoms with Crippen molar-refractivity contribution in [1.29, 1.82) is 0 Å². The Kier molecular flexibility index (Phi) is 5.27. The fourth-order valence-electron chi connectivity index (χ4n) is 4.18. The molecule has 0 fully saturated rings. The molecule has 27 heavy (non-hydrogen) atoms. The van der Waals surface area contributed by atoms with Gasteiger partial charge in [0, 0.05) is 22.9 Å². The molecule has 0 N–H and O–H groups in total. The molecule has 0 aliphatic carbocycles. The maximum atomic E-state index is 6.53. The van der Waals surface area contributed by atoms with Crippen molar-refractivity contribution in [2.45, 2.75) is 64.1 Å². The zero-order valence-corrected chi connectivity index (χ0v) is 17.7. The van der Waals surface area contributed by atoms with Crippen LogP contribution in [0.4, 0.5) is 0 Å². The SMILES string of the molecule is CCCCCC[C@@]1(C)Oc2ccccc2[C@H]2CC(c3ccc(Br)cc3)=NN21. The number of fused-ring (bicyclic) bond motifs is 3. The first-order valence-electron chi connectivity index (χ1n) is 10.0. The van der Waals surface area contributed by atoms with Crippen LogP contribution in [0.15, 0.2) is 58.1 Å². The molecule has 3 nitrogen and oxygen atoms in total. The van der Waals surface area contributed by atoms with Crippen LogP contribution in [0.5, 0.6) is 5.75 Å². The van der Waals surface area contributed by atoms with Crippen LogP contribution < -0.4 is 4.74 Å². The summed E-state index contributed by atoms with van der Waals surface area (Å²) >= 11 is 3.53. The van der Waals surface area contributed by atoms with Crippen molar-refractivity contribution in [3.05, 3.63) is 64.1 Å². The molecule has 4 rings (SSSR count). The third-order valence-electron chi connectivity index (χ3n) is 5.67. The highest BCUT2D eigenvalue weighted by atomic mass is 79.9. The summed E-state index contributed by atoms with van der Waals surface area (Å²) in [6, 6.07) is 17.2. The van der Waals surface area contributed by atoms with E-state index in [4.69, 9.17) is 9.84 Å². The molecule has 2 heterocycles. The Morgan fingerprint density at radius 3 is 2.67 bits per heavy atom. The number of unbranched alkanes of at least 4 members (excludes halogenated alkanes) is 3. The molecule has 142 valence electrons. The summed E-state index contributed by atoms with van der Waals surface area (Å²) in [4.78, 5) is 0. The van der Waals surface area contributed by atoms with Gasteiger partial charge in [0.25, 0.3) is 0 Å². The normalized spacial score (nSPS) is 23.4. The van der Waals surface area contributed by atoms with E-state index in [1.54, 1.807) is 0 Å². The predicted molar refractivity (Wildman–Crippen MR) is 114 cm³/mol. The van der Waals surface area contributed by atoms with E-state index < -0.39 is 0 Å². The number of hydrogen-bond acceptors (Lipinski definition) is 3. The molecular formula is C23H27BrN2O. The van der Waals surface area contributed by atoms with Gasteiger partial charge in [-0.15, -0.1) is 0 Å². The molecule has 0 amide bonds. The largest absolute Gasteiger partial charge is 0.466 e. The molecule has 2 aliphatic heterocycles. The third-order valence-corrected chi connectivity index (χ3v) is 6.20. The van der Waals surface area contributed by atoms with Gasteiger partial charge in [-0.25, -0.2) is 5.01 Å². The lowest BCUT2D eigenvalue weighted by atomic mass is 9.93. The Balaban J connectivity index is 1.65. The summed E-state index contributed by atoms with van der Waals surface area (Å²) in [5.74, 6) is 1.02. The summed E-state index contributed by atoms with van der Waals surface area (Å²) in [6.07, 6.45) is 6.86. The van der Waals surface area contributed by atoms with Crippen LogP contribution in [0.3, 0.4) is 0 Å². The monoisotopic (exact) mass is 426 g/mol. The van der Waals surface area contributed by atoms with Gasteiger partial charge in [0.15, 0.2) is 5.72 Å². The zero-order valence-electron chi connectivity index (χ0n) is 16.1. The van der Waals surface area contributed by atoms with E-state index in [-0.39, 0.29) is 11.8 Å². The summed E-state index contributed by atoms with van der Waals surface area (Å²) in [5, 5.41) is 7.31. The minimum Gasteiger partial charge on any atom is -0.466 e. The molecular weight excluding hydrogens is 400 g/mol. The topological polar surface area (TPSA) is 24.8 Å². The average Bonchev–Trinajstić information content (AvgIpc) is 3.13. The van der Waals surface area contributed by atoms with Gasteiger partial charge in [0.05, 0.1) is 11.8 Å². The fourth-order valence-corrected chi connectivity index (χ4v) is 4.45. The summed E-state index contributed by atoms with van der Waals surface area (Å²) < 4.78 is 7.62. The molecule has 4 heteroatoms. The van der Waals surface area contributed by atoms with Crippen LogP contribution in [0.1, 0.15) is 69.5 Å². The minimum atomic E-state index is -0.385. The smallest absolute Gasteiger partial charge is 0.195 e. The number of benzene rings is 2. The number of hydrazone groups is 1. The molecule has 0 unspecified atom stereocenters. The van der Waals surface area contributed by atoms with E-state index in [0.717, 1.165) is 28.8 Å². The van der Waals surface area contributed by atoms with Crippen LogP contribution in [-0.2, 0) is 0 Å². The Morgan fingerprint density at radius 2 is 1.89 bits per heavy atom. The first-order chi connectivity index (χ1) is 13.1. The second kappa shape index (κ2) is 7.67. The molecule has 2 aromatic rings. The molecule has 2 aromatic carbocycles. The maximum absolute atomic E-state index is 6.53. The Bertz CT molecular complexity index is 833. The van der Waals surface area contributed by atoms with Crippen LogP contribution in [-0.4, -0.2) is 16.4 Å². The Labute approximate surface area is 170 Å². The van der Waals surface area contributed by atoms with Crippen LogP contribution in [0, 0.1) is 0 Å². The highest BCUT2D eigenvalue weighted by Crippen LogP contribution is 2.48. The van der Waals surface area contributed by atoms with Gasteiger partial charge in [-0.3, -0.25) is 0 Å². The van der Waals surface area contributed by atoms with Gasteiger partial charge in [-0.2, -0.15) is 5.10 Å². The van der Waals surface area contributed by atoms with Gasteiger partial charge in [-0.1, -0.05) is 72.4 Å². The van der Waals surface area contributed by atoms with Crippen molar-refractivity contribution in [2.24, 2.45) is 5.10 Å². The summed E-state index contributed by atoms with van der Waals surface area (Å²) in [6.45, 7) is 4.45. The van der Waals surface area contributed by atoms with E-state index in [0.29, 0.717) is 0 Å². The third kappa shape index (κ3) is 3.64. The van der Waals surface area contributed by atoms with Crippen LogP contribution in [0.2, 0.25) is 0 Å². The van der Waals surface area contributed by atoms with Crippen molar-refractivity contribution < 1.29 is 4.74 Å².